The molecule has 0 unspecified atom stereocenters. The van der Waals surface area contributed by atoms with Gasteiger partial charge in [0.05, 0.1) is 4.90 Å². The lowest BCUT2D eigenvalue weighted by atomic mass is 10.2. The third-order valence-corrected chi connectivity index (χ3v) is 5.24. The van der Waals surface area contributed by atoms with E-state index in [2.05, 4.69) is 15.4 Å². The highest BCUT2D eigenvalue weighted by Gasteiger charge is 2.16. The molecule has 1 atom stereocenters. The zero-order valence-corrected chi connectivity index (χ0v) is 15.8. The predicted molar refractivity (Wildman–Crippen MR) is 102 cm³/mol. The summed E-state index contributed by atoms with van der Waals surface area (Å²) in [6.07, 6.45) is 0. The van der Waals surface area contributed by atoms with E-state index in [1.807, 2.05) is 44.2 Å². The van der Waals surface area contributed by atoms with Crippen LogP contribution >= 0.6 is 0 Å². The molecule has 140 valence electrons. The van der Waals surface area contributed by atoms with E-state index < -0.39 is 10.0 Å². The van der Waals surface area contributed by atoms with Crippen molar-refractivity contribution in [2.45, 2.75) is 31.3 Å². The fourth-order valence-electron chi connectivity index (χ4n) is 2.43. The number of hydrogen-bond donors (Lipinski definition) is 3. The van der Waals surface area contributed by atoms with Gasteiger partial charge < -0.3 is 10.6 Å². The Hall–Kier alpha value is -2.22. The molecular weight excluding hydrogens is 350 g/mol. The molecule has 0 heterocycles. The molecule has 0 saturated heterocycles. The molecule has 2 aromatic rings. The summed E-state index contributed by atoms with van der Waals surface area (Å²) in [5.41, 5.74) is 1.18. The second-order valence-electron chi connectivity index (χ2n) is 6.01. The Kier molecular flexibility index (Phi) is 7.32. The van der Waals surface area contributed by atoms with Gasteiger partial charge in [0, 0.05) is 24.7 Å². The lowest BCUT2D eigenvalue weighted by Gasteiger charge is -2.13. The minimum Gasteiger partial charge on any atom is -0.350 e. The van der Waals surface area contributed by atoms with E-state index in [0.29, 0.717) is 12.1 Å². The first-order valence-corrected chi connectivity index (χ1v) is 10.1. The molecule has 0 fully saturated rings. The number of amides is 1. The summed E-state index contributed by atoms with van der Waals surface area (Å²) in [7, 11) is -3.70. The molecule has 0 spiro atoms. The number of sulfonamides is 1. The molecule has 0 aliphatic carbocycles. The second kappa shape index (κ2) is 9.47. The average molecular weight is 375 g/mol. The van der Waals surface area contributed by atoms with Crippen LogP contribution in [0.15, 0.2) is 59.5 Å². The number of carbonyl (C=O) groups excluding carboxylic acids is 1. The van der Waals surface area contributed by atoms with E-state index >= 15 is 0 Å². The minimum absolute atomic E-state index is 0.0702. The number of nitrogens with one attached hydrogen (secondary N) is 3. The maximum Gasteiger partial charge on any atom is 0.251 e. The Bertz CT molecular complexity index is 823. The van der Waals surface area contributed by atoms with E-state index in [1.54, 1.807) is 12.1 Å². The molecule has 0 radical (unpaired) electrons. The Labute approximate surface area is 155 Å². The Morgan fingerprint density at radius 1 is 1.08 bits per heavy atom. The van der Waals surface area contributed by atoms with Gasteiger partial charge in [-0.15, -0.1) is 0 Å². The third kappa shape index (κ3) is 5.94. The Morgan fingerprint density at radius 2 is 1.81 bits per heavy atom. The molecule has 3 N–H and O–H groups in total. The van der Waals surface area contributed by atoms with Crippen LogP contribution in [-0.4, -0.2) is 33.5 Å². The summed E-state index contributed by atoms with van der Waals surface area (Å²) in [6, 6.07) is 15.4. The fraction of sp³-hybridized carbons (Fsp3) is 0.316. The molecule has 1 amide bonds. The highest BCUT2D eigenvalue weighted by molar-refractivity contribution is 7.89. The van der Waals surface area contributed by atoms with Crippen molar-refractivity contribution < 1.29 is 13.2 Å². The van der Waals surface area contributed by atoms with Gasteiger partial charge in [-0.2, -0.15) is 0 Å². The van der Waals surface area contributed by atoms with Gasteiger partial charge in [0.25, 0.3) is 5.91 Å². The van der Waals surface area contributed by atoms with Crippen LogP contribution in [0, 0.1) is 0 Å². The molecular formula is C19H25N3O3S. The average Bonchev–Trinajstić information content (AvgIpc) is 2.66. The van der Waals surface area contributed by atoms with Gasteiger partial charge in [0.15, 0.2) is 0 Å². The quantitative estimate of drug-likeness (QED) is 0.625. The van der Waals surface area contributed by atoms with E-state index in [1.165, 1.54) is 12.1 Å². The second-order valence-corrected chi connectivity index (χ2v) is 7.77. The third-order valence-electron chi connectivity index (χ3n) is 3.84. The Morgan fingerprint density at radius 3 is 2.50 bits per heavy atom. The smallest absolute Gasteiger partial charge is 0.251 e. The molecule has 0 aliphatic rings. The van der Waals surface area contributed by atoms with Crippen molar-refractivity contribution >= 4 is 15.9 Å². The Balaban J connectivity index is 2.03. The molecule has 2 aromatic carbocycles. The minimum atomic E-state index is -3.70. The van der Waals surface area contributed by atoms with Crippen molar-refractivity contribution in [1.29, 1.82) is 0 Å². The topological polar surface area (TPSA) is 87.3 Å². The first-order valence-electron chi connectivity index (χ1n) is 8.57. The number of rotatable bonds is 9. The first-order chi connectivity index (χ1) is 12.4. The van der Waals surface area contributed by atoms with Crippen molar-refractivity contribution in [2.75, 3.05) is 13.1 Å². The predicted octanol–water partition coefficient (Wildman–Crippen LogP) is 1.89. The molecule has 26 heavy (non-hydrogen) atoms. The normalized spacial score (nSPS) is 12.5. The van der Waals surface area contributed by atoms with Crippen LogP contribution in [-0.2, 0) is 16.6 Å². The molecule has 0 aromatic heterocycles. The molecule has 2 rings (SSSR count). The summed E-state index contributed by atoms with van der Waals surface area (Å²) < 4.78 is 27.5. The molecule has 0 aliphatic heterocycles. The zero-order valence-electron chi connectivity index (χ0n) is 15.0. The van der Waals surface area contributed by atoms with Crippen LogP contribution in [0.1, 0.15) is 29.8 Å². The standard InChI is InChI=1S/C19H25N3O3S/c1-3-20-15(2)13-21-19(23)17-10-7-11-18(12-17)26(24,25)22-14-16-8-5-4-6-9-16/h4-12,15,20,22H,3,13-14H2,1-2H3,(H,21,23)/t15-/m1/s1. The van der Waals surface area contributed by atoms with Crippen molar-refractivity contribution in [3.63, 3.8) is 0 Å². The fourth-order valence-corrected chi connectivity index (χ4v) is 3.49. The van der Waals surface area contributed by atoms with Gasteiger partial charge in [-0.25, -0.2) is 13.1 Å². The zero-order chi connectivity index (χ0) is 19.0. The van der Waals surface area contributed by atoms with Crippen LogP contribution < -0.4 is 15.4 Å². The maximum atomic E-state index is 12.5. The monoisotopic (exact) mass is 375 g/mol. The van der Waals surface area contributed by atoms with Crippen molar-refractivity contribution in [3.05, 3.63) is 65.7 Å². The van der Waals surface area contributed by atoms with Gasteiger partial charge in [0.2, 0.25) is 10.0 Å². The lowest BCUT2D eigenvalue weighted by Crippen LogP contribution is -2.38. The van der Waals surface area contributed by atoms with Gasteiger partial charge in [0.1, 0.15) is 0 Å². The van der Waals surface area contributed by atoms with Crippen LogP contribution in [0.4, 0.5) is 0 Å². The summed E-state index contributed by atoms with van der Waals surface area (Å²) in [5.74, 6) is -0.296. The summed E-state index contributed by atoms with van der Waals surface area (Å²) in [5, 5.41) is 6.00. The number of likely N-dealkylation sites (N-methyl/N-ethyl adjacent to an activating group) is 1. The first kappa shape index (κ1) is 20.1. The van der Waals surface area contributed by atoms with Gasteiger partial charge in [-0.05, 0) is 37.2 Å². The molecule has 0 saturated carbocycles. The van der Waals surface area contributed by atoms with Crippen molar-refractivity contribution in [1.82, 2.24) is 15.4 Å². The van der Waals surface area contributed by atoms with Crippen LogP contribution in [0.3, 0.4) is 0 Å². The van der Waals surface area contributed by atoms with Gasteiger partial charge >= 0.3 is 0 Å². The van der Waals surface area contributed by atoms with Gasteiger partial charge in [-0.3, -0.25) is 4.79 Å². The largest absolute Gasteiger partial charge is 0.350 e. The highest BCUT2D eigenvalue weighted by Crippen LogP contribution is 2.12. The highest BCUT2D eigenvalue weighted by atomic mass is 32.2. The van der Waals surface area contributed by atoms with Gasteiger partial charge in [-0.1, -0.05) is 43.3 Å². The van der Waals surface area contributed by atoms with E-state index in [-0.39, 0.29) is 23.4 Å². The molecule has 7 heteroatoms. The number of benzene rings is 2. The maximum absolute atomic E-state index is 12.5. The SMILES string of the molecule is CCN[C@H](C)CNC(=O)c1cccc(S(=O)(=O)NCc2ccccc2)c1. The summed E-state index contributed by atoms with van der Waals surface area (Å²) >= 11 is 0. The summed E-state index contributed by atoms with van der Waals surface area (Å²) in [4.78, 5) is 12.3. The van der Waals surface area contributed by atoms with Crippen molar-refractivity contribution in [3.8, 4) is 0 Å². The van der Waals surface area contributed by atoms with Crippen molar-refractivity contribution in [2.24, 2.45) is 0 Å². The number of hydrogen-bond acceptors (Lipinski definition) is 4. The summed E-state index contributed by atoms with van der Waals surface area (Å²) in [6.45, 7) is 5.45. The van der Waals surface area contributed by atoms with E-state index in [9.17, 15) is 13.2 Å². The van der Waals surface area contributed by atoms with Crippen LogP contribution in [0.25, 0.3) is 0 Å². The molecule has 6 nitrogen and oxygen atoms in total. The van der Waals surface area contributed by atoms with E-state index in [4.69, 9.17) is 0 Å². The lowest BCUT2D eigenvalue weighted by molar-refractivity contribution is 0.0950. The van der Waals surface area contributed by atoms with E-state index in [0.717, 1.165) is 12.1 Å². The van der Waals surface area contributed by atoms with Crippen LogP contribution in [0.2, 0.25) is 0 Å². The molecule has 0 bridgehead atoms. The van der Waals surface area contributed by atoms with Crippen LogP contribution in [0.5, 0.6) is 0 Å². The number of carbonyl (C=O) groups is 1.